The first kappa shape index (κ1) is 27.0. The van der Waals surface area contributed by atoms with Crippen LogP contribution in [0.2, 0.25) is 10.0 Å². The van der Waals surface area contributed by atoms with Gasteiger partial charge in [-0.1, -0.05) is 41.4 Å². The van der Waals surface area contributed by atoms with Gasteiger partial charge < -0.3 is 10.2 Å². The van der Waals surface area contributed by atoms with E-state index >= 15 is 0 Å². The smallest absolute Gasteiger partial charge is 0.244 e. The standard InChI is InChI=1S/C23H29Cl2N3O4S/c1-15(2)26-23(30)17(4)27(13-18-8-6-9-19(24)12-18)22(29)14-28(33(5,31)32)21-11-7-10-20(25)16(21)3/h6-12,15,17H,13-14H2,1-5H3,(H,26,30)/t17-/m1/s1. The van der Waals surface area contributed by atoms with Crippen molar-refractivity contribution >= 4 is 50.7 Å². The highest BCUT2D eigenvalue weighted by molar-refractivity contribution is 7.92. The zero-order chi connectivity index (χ0) is 24.9. The number of sulfonamides is 1. The first-order valence-electron chi connectivity index (χ1n) is 10.4. The van der Waals surface area contributed by atoms with Crippen molar-refractivity contribution in [1.29, 1.82) is 0 Å². The van der Waals surface area contributed by atoms with Gasteiger partial charge in [0.05, 0.1) is 11.9 Å². The molecule has 0 bridgehead atoms. The molecule has 2 aromatic rings. The summed E-state index contributed by atoms with van der Waals surface area (Å²) >= 11 is 12.3. The van der Waals surface area contributed by atoms with Crippen LogP contribution in [0.4, 0.5) is 5.69 Å². The molecule has 0 aromatic heterocycles. The van der Waals surface area contributed by atoms with Crippen molar-refractivity contribution in [3.63, 3.8) is 0 Å². The molecule has 0 saturated carbocycles. The van der Waals surface area contributed by atoms with Crippen LogP contribution >= 0.6 is 23.2 Å². The Balaban J connectivity index is 2.44. The minimum Gasteiger partial charge on any atom is -0.352 e. The van der Waals surface area contributed by atoms with Gasteiger partial charge in [0.25, 0.3) is 0 Å². The first-order chi connectivity index (χ1) is 15.3. The second kappa shape index (κ2) is 11.2. The predicted molar refractivity (Wildman–Crippen MR) is 133 cm³/mol. The van der Waals surface area contributed by atoms with E-state index in [1.807, 2.05) is 13.8 Å². The second-order valence-electron chi connectivity index (χ2n) is 8.14. The second-order valence-corrected chi connectivity index (χ2v) is 10.9. The minimum atomic E-state index is -3.82. The lowest BCUT2D eigenvalue weighted by Crippen LogP contribution is -2.52. The zero-order valence-electron chi connectivity index (χ0n) is 19.3. The van der Waals surface area contributed by atoms with Crippen LogP contribution in [0.5, 0.6) is 0 Å². The highest BCUT2D eigenvalue weighted by Crippen LogP contribution is 2.28. The molecule has 0 aliphatic carbocycles. The fourth-order valence-corrected chi connectivity index (χ4v) is 4.56. The molecule has 0 spiro atoms. The van der Waals surface area contributed by atoms with Crippen LogP contribution in [0.15, 0.2) is 42.5 Å². The molecule has 1 atom stereocenters. The average Bonchev–Trinajstić information content (AvgIpc) is 2.70. The number of benzene rings is 2. The lowest BCUT2D eigenvalue weighted by atomic mass is 10.1. The number of hydrogen-bond acceptors (Lipinski definition) is 4. The van der Waals surface area contributed by atoms with E-state index in [1.165, 1.54) is 4.90 Å². The summed E-state index contributed by atoms with van der Waals surface area (Å²) in [5, 5.41) is 3.67. The Morgan fingerprint density at radius 3 is 2.27 bits per heavy atom. The van der Waals surface area contributed by atoms with Gasteiger partial charge in [0.1, 0.15) is 12.6 Å². The number of hydrogen-bond donors (Lipinski definition) is 1. The zero-order valence-corrected chi connectivity index (χ0v) is 21.6. The molecule has 0 heterocycles. The van der Waals surface area contributed by atoms with Gasteiger partial charge in [0, 0.05) is 22.6 Å². The molecule has 0 aliphatic rings. The molecule has 7 nitrogen and oxygen atoms in total. The van der Waals surface area contributed by atoms with E-state index < -0.39 is 28.5 Å². The highest BCUT2D eigenvalue weighted by atomic mass is 35.5. The number of carbonyl (C=O) groups excluding carboxylic acids is 2. The number of rotatable bonds is 9. The number of nitrogens with one attached hydrogen (secondary N) is 1. The topological polar surface area (TPSA) is 86.8 Å². The summed E-state index contributed by atoms with van der Waals surface area (Å²) in [7, 11) is -3.82. The monoisotopic (exact) mass is 513 g/mol. The average molecular weight is 514 g/mol. The molecule has 10 heteroatoms. The molecule has 2 amide bonds. The van der Waals surface area contributed by atoms with Crippen LogP contribution in [0.25, 0.3) is 0 Å². The normalized spacial score (nSPS) is 12.4. The molecule has 2 aromatic carbocycles. The van der Waals surface area contributed by atoms with Crippen molar-refractivity contribution < 1.29 is 18.0 Å². The van der Waals surface area contributed by atoms with Crippen molar-refractivity contribution in [1.82, 2.24) is 10.2 Å². The molecule has 2 rings (SSSR count). The fraction of sp³-hybridized carbons (Fsp3) is 0.391. The van der Waals surface area contributed by atoms with Crippen LogP contribution < -0.4 is 9.62 Å². The Morgan fingerprint density at radius 2 is 1.70 bits per heavy atom. The van der Waals surface area contributed by atoms with E-state index in [0.717, 1.165) is 10.6 Å². The van der Waals surface area contributed by atoms with E-state index in [4.69, 9.17) is 23.2 Å². The Labute approximate surface area is 205 Å². The Kier molecular flexibility index (Phi) is 9.17. The van der Waals surface area contributed by atoms with Crippen LogP contribution in [-0.4, -0.2) is 50.0 Å². The van der Waals surface area contributed by atoms with Gasteiger partial charge >= 0.3 is 0 Å². The van der Waals surface area contributed by atoms with Crippen molar-refractivity contribution in [3.8, 4) is 0 Å². The molecule has 0 fully saturated rings. The van der Waals surface area contributed by atoms with Crippen molar-refractivity contribution in [2.45, 2.75) is 46.3 Å². The Morgan fingerprint density at radius 1 is 1.06 bits per heavy atom. The van der Waals surface area contributed by atoms with Gasteiger partial charge in [-0.25, -0.2) is 8.42 Å². The third-order valence-corrected chi connectivity index (χ3v) is 6.80. The van der Waals surface area contributed by atoms with Gasteiger partial charge in [-0.05, 0) is 63.1 Å². The summed E-state index contributed by atoms with van der Waals surface area (Å²) in [5.74, 6) is -0.878. The molecule has 33 heavy (non-hydrogen) atoms. The summed E-state index contributed by atoms with van der Waals surface area (Å²) in [4.78, 5) is 27.5. The van der Waals surface area contributed by atoms with E-state index in [0.29, 0.717) is 26.9 Å². The third kappa shape index (κ3) is 7.35. The largest absolute Gasteiger partial charge is 0.352 e. The number of anilines is 1. The minimum absolute atomic E-state index is 0.0816. The molecule has 1 N–H and O–H groups in total. The molecule has 0 aliphatic heterocycles. The molecule has 180 valence electrons. The summed E-state index contributed by atoms with van der Waals surface area (Å²) in [6.07, 6.45) is 1.02. The van der Waals surface area contributed by atoms with Gasteiger partial charge in [0.2, 0.25) is 21.8 Å². The summed E-state index contributed by atoms with van der Waals surface area (Å²) < 4.78 is 26.3. The third-order valence-electron chi connectivity index (χ3n) is 5.03. The predicted octanol–water partition coefficient (Wildman–Crippen LogP) is 4.01. The van der Waals surface area contributed by atoms with Crippen LogP contribution in [0.3, 0.4) is 0 Å². The molecule has 0 unspecified atom stereocenters. The highest BCUT2D eigenvalue weighted by Gasteiger charge is 2.31. The van der Waals surface area contributed by atoms with Gasteiger partial charge in [0.15, 0.2) is 0 Å². The van der Waals surface area contributed by atoms with Gasteiger partial charge in [-0.3, -0.25) is 13.9 Å². The maximum absolute atomic E-state index is 13.5. The SMILES string of the molecule is Cc1c(Cl)cccc1N(CC(=O)N(Cc1cccc(Cl)c1)[C@H](C)C(=O)NC(C)C)S(C)(=O)=O. The lowest BCUT2D eigenvalue weighted by Gasteiger charge is -2.32. The van der Waals surface area contributed by atoms with Crippen LogP contribution in [0, 0.1) is 6.92 Å². The van der Waals surface area contributed by atoms with E-state index in [2.05, 4.69) is 5.32 Å². The van der Waals surface area contributed by atoms with Crippen molar-refractivity contribution in [2.75, 3.05) is 17.1 Å². The summed E-state index contributed by atoms with van der Waals surface area (Å²) in [6, 6.07) is 10.8. The van der Waals surface area contributed by atoms with Crippen molar-refractivity contribution in [3.05, 3.63) is 63.6 Å². The molecule has 0 radical (unpaired) electrons. The number of nitrogens with zero attached hydrogens (tertiary/aromatic N) is 2. The summed E-state index contributed by atoms with van der Waals surface area (Å²) in [6.45, 7) is 6.53. The molecule has 0 saturated heterocycles. The Bertz CT molecular complexity index is 1120. The first-order valence-corrected chi connectivity index (χ1v) is 13.0. The molecular weight excluding hydrogens is 485 g/mol. The maximum Gasteiger partial charge on any atom is 0.244 e. The van der Waals surface area contributed by atoms with Gasteiger partial charge in [-0.15, -0.1) is 0 Å². The quantitative estimate of drug-likeness (QED) is 0.548. The number of carbonyl (C=O) groups is 2. The number of amides is 2. The Hall–Kier alpha value is -2.29. The van der Waals surface area contributed by atoms with Crippen molar-refractivity contribution in [2.24, 2.45) is 0 Å². The lowest BCUT2D eigenvalue weighted by molar-refractivity contribution is -0.139. The van der Waals surface area contributed by atoms with E-state index in [1.54, 1.807) is 56.3 Å². The van der Waals surface area contributed by atoms with E-state index in [-0.39, 0.29) is 18.5 Å². The van der Waals surface area contributed by atoms with Crippen LogP contribution in [0.1, 0.15) is 31.9 Å². The van der Waals surface area contributed by atoms with Gasteiger partial charge in [-0.2, -0.15) is 0 Å². The number of halogens is 2. The molecular formula is C23H29Cl2N3O4S. The van der Waals surface area contributed by atoms with E-state index in [9.17, 15) is 18.0 Å². The summed E-state index contributed by atoms with van der Waals surface area (Å²) in [5.41, 5.74) is 1.55. The fourth-order valence-electron chi connectivity index (χ4n) is 3.28. The maximum atomic E-state index is 13.5. The van der Waals surface area contributed by atoms with Crippen LogP contribution in [-0.2, 0) is 26.2 Å².